The van der Waals surface area contributed by atoms with E-state index >= 15 is 0 Å². The average Bonchev–Trinajstić information content (AvgIpc) is 2.91. The molecule has 1 N–H and O–H groups in total. The van der Waals surface area contributed by atoms with Gasteiger partial charge in [-0.1, -0.05) is 6.92 Å². The van der Waals surface area contributed by atoms with Crippen LogP contribution < -0.4 is 5.32 Å². The van der Waals surface area contributed by atoms with Crippen molar-refractivity contribution < 1.29 is 8.83 Å². The van der Waals surface area contributed by atoms with Crippen molar-refractivity contribution in [3.8, 4) is 0 Å². The molecule has 0 radical (unpaired) electrons. The summed E-state index contributed by atoms with van der Waals surface area (Å²) in [4.78, 5) is 4.14. The van der Waals surface area contributed by atoms with E-state index < -0.39 is 0 Å². The molecule has 4 heteroatoms. The lowest BCUT2D eigenvalue weighted by atomic mass is 10.2. The topological polar surface area (TPSA) is 51.2 Å². The summed E-state index contributed by atoms with van der Waals surface area (Å²) in [5.41, 5.74) is 0. The third-order valence-corrected chi connectivity index (χ3v) is 2.46. The lowest BCUT2D eigenvalue weighted by Crippen LogP contribution is -2.19. The number of hydrogen-bond donors (Lipinski definition) is 1. The van der Waals surface area contributed by atoms with Gasteiger partial charge in [-0.05, 0) is 25.5 Å². The van der Waals surface area contributed by atoms with Gasteiger partial charge in [-0.25, -0.2) is 4.98 Å². The third-order valence-electron chi connectivity index (χ3n) is 2.46. The fourth-order valence-electron chi connectivity index (χ4n) is 1.63. The molecule has 0 aliphatic heterocycles. The molecular weight excluding hydrogens is 204 g/mol. The van der Waals surface area contributed by atoms with Crippen molar-refractivity contribution in [1.29, 1.82) is 0 Å². The molecule has 0 saturated carbocycles. The summed E-state index contributed by atoms with van der Waals surface area (Å²) >= 11 is 0. The van der Waals surface area contributed by atoms with E-state index in [2.05, 4.69) is 17.2 Å². The summed E-state index contributed by atoms with van der Waals surface area (Å²) in [6, 6.07) is 4.08. The first-order valence-corrected chi connectivity index (χ1v) is 5.47. The zero-order valence-electron chi connectivity index (χ0n) is 9.56. The molecule has 0 aliphatic rings. The Balaban J connectivity index is 1.93. The Hall–Kier alpha value is -1.55. The number of furan rings is 1. The quantitative estimate of drug-likeness (QED) is 0.841. The molecule has 0 saturated heterocycles. The molecule has 4 nitrogen and oxygen atoms in total. The maximum Gasteiger partial charge on any atom is 0.208 e. The smallest absolute Gasteiger partial charge is 0.208 e. The Kier molecular flexibility index (Phi) is 3.41. The molecule has 2 heterocycles. The molecule has 86 valence electrons. The average molecular weight is 220 g/mol. The van der Waals surface area contributed by atoms with Crippen molar-refractivity contribution in [3.05, 3.63) is 42.0 Å². The molecule has 2 aromatic rings. The standard InChI is InChI=1S/C12H16N2O2/c1-3-10(11-5-4-6-15-11)13-8-12-14-7-9(2)16-12/h4-7,10,13H,3,8H2,1-2H3. The highest BCUT2D eigenvalue weighted by Gasteiger charge is 2.12. The normalized spacial score (nSPS) is 12.9. The van der Waals surface area contributed by atoms with Gasteiger partial charge in [0.1, 0.15) is 11.5 Å². The fourth-order valence-corrected chi connectivity index (χ4v) is 1.63. The molecule has 0 aliphatic carbocycles. The lowest BCUT2D eigenvalue weighted by molar-refractivity contribution is 0.375. The summed E-state index contributed by atoms with van der Waals surface area (Å²) in [5.74, 6) is 2.50. The van der Waals surface area contributed by atoms with Crippen LogP contribution in [0.5, 0.6) is 0 Å². The lowest BCUT2D eigenvalue weighted by Gasteiger charge is -2.12. The number of aryl methyl sites for hydroxylation is 1. The van der Waals surface area contributed by atoms with Gasteiger partial charge in [0, 0.05) is 0 Å². The number of oxazole rings is 1. The molecule has 1 unspecified atom stereocenters. The van der Waals surface area contributed by atoms with Gasteiger partial charge in [-0.3, -0.25) is 5.32 Å². The zero-order valence-corrected chi connectivity index (χ0v) is 9.56. The van der Waals surface area contributed by atoms with Crippen LogP contribution in [0.3, 0.4) is 0 Å². The van der Waals surface area contributed by atoms with E-state index in [1.165, 1.54) is 0 Å². The molecule has 1 atom stereocenters. The van der Waals surface area contributed by atoms with Gasteiger partial charge in [-0.2, -0.15) is 0 Å². The van der Waals surface area contributed by atoms with Gasteiger partial charge in [0.25, 0.3) is 0 Å². The Bertz CT molecular complexity index is 420. The number of nitrogens with one attached hydrogen (secondary N) is 1. The molecule has 0 fully saturated rings. The first kappa shape index (κ1) is 11.0. The van der Waals surface area contributed by atoms with Crippen molar-refractivity contribution in [1.82, 2.24) is 10.3 Å². The first-order chi connectivity index (χ1) is 7.79. The van der Waals surface area contributed by atoms with Crippen molar-refractivity contribution in [2.75, 3.05) is 0 Å². The van der Waals surface area contributed by atoms with E-state index in [4.69, 9.17) is 8.83 Å². The second-order valence-corrected chi connectivity index (χ2v) is 3.72. The van der Waals surface area contributed by atoms with E-state index in [1.54, 1.807) is 12.5 Å². The number of rotatable bonds is 5. The van der Waals surface area contributed by atoms with Gasteiger partial charge in [0.05, 0.1) is 25.0 Å². The molecule has 2 aromatic heterocycles. The third kappa shape index (κ3) is 2.52. The fraction of sp³-hybridized carbons (Fsp3) is 0.417. The second-order valence-electron chi connectivity index (χ2n) is 3.72. The Morgan fingerprint density at radius 1 is 1.50 bits per heavy atom. The van der Waals surface area contributed by atoms with Crippen LogP contribution in [0.4, 0.5) is 0 Å². The molecular formula is C12H16N2O2. The summed E-state index contributed by atoms with van der Waals surface area (Å²) in [7, 11) is 0. The minimum atomic E-state index is 0.210. The highest BCUT2D eigenvalue weighted by molar-refractivity contribution is 5.04. The van der Waals surface area contributed by atoms with E-state index in [0.29, 0.717) is 12.4 Å². The summed E-state index contributed by atoms with van der Waals surface area (Å²) in [6.07, 6.45) is 4.38. The predicted octanol–water partition coefficient (Wildman–Crippen LogP) is 2.82. The van der Waals surface area contributed by atoms with E-state index in [1.807, 2.05) is 19.1 Å². The summed E-state index contributed by atoms with van der Waals surface area (Å²) in [6.45, 7) is 4.62. The van der Waals surface area contributed by atoms with Crippen molar-refractivity contribution >= 4 is 0 Å². The maximum absolute atomic E-state index is 5.39. The van der Waals surface area contributed by atoms with Crippen LogP contribution in [0.1, 0.15) is 36.8 Å². The monoisotopic (exact) mass is 220 g/mol. The van der Waals surface area contributed by atoms with Gasteiger partial charge >= 0.3 is 0 Å². The van der Waals surface area contributed by atoms with Crippen LogP contribution in [-0.4, -0.2) is 4.98 Å². The van der Waals surface area contributed by atoms with E-state index in [0.717, 1.165) is 17.9 Å². The molecule has 0 aromatic carbocycles. The molecule has 0 bridgehead atoms. The van der Waals surface area contributed by atoms with Crippen molar-refractivity contribution in [3.63, 3.8) is 0 Å². The van der Waals surface area contributed by atoms with Gasteiger partial charge in [0.2, 0.25) is 5.89 Å². The molecule has 2 rings (SSSR count). The number of nitrogens with zero attached hydrogens (tertiary/aromatic N) is 1. The Labute approximate surface area is 94.7 Å². The molecule has 0 spiro atoms. The highest BCUT2D eigenvalue weighted by atomic mass is 16.4. The van der Waals surface area contributed by atoms with Crippen molar-refractivity contribution in [2.24, 2.45) is 0 Å². The van der Waals surface area contributed by atoms with Crippen LogP contribution >= 0.6 is 0 Å². The number of aromatic nitrogens is 1. The summed E-state index contributed by atoms with van der Waals surface area (Å²) in [5, 5.41) is 3.35. The van der Waals surface area contributed by atoms with Gasteiger partial charge in [0.15, 0.2) is 0 Å². The van der Waals surface area contributed by atoms with Gasteiger partial charge in [-0.15, -0.1) is 0 Å². The first-order valence-electron chi connectivity index (χ1n) is 5.47. The van der Waals surface area contributed by atoms with Crippen LogP contribution in [0.2, 0.25) is 0 Å². The van der Waals surface area contributed by atoms with Crippen LogP contribution in [0.25, 0.3) is 0 Å². The van der Waals surface area contributed by atoms with Crippen LogP contribution in [0, 0.1) is 6.92 Å². The Morgan fingerprint density at radius 2 is 2.38 bits per heavy atom. The molecule has 16 heavy (non-hydrogen) atoms. The second kappa shape index (κ2) is 4.99. The van der Waals surface area contributed by atoms with Crippen LogP contribution in [0.15, 0.2) is 33.4 Å². The summed E-state index contributed by atoms with van der Waals surface area (Å²) < 4.78 is 10.8. The zero-order chi connectivity index (χ0) is 11.4. The minimum Gasteiger partial charge on any atom is -0.468 e. The minimum absolute atomic E-state index is 0.210. The predicted molar refractivity (Wildman–Crippen MR) is 59.8 cm³/mol. The van der Waals surface area contributed by atoms with E-state index in [-0.39, 0.29) is 6.04 Å². The number of hydrogen-bond acceptors (Lipinski definition) is 4. The highest BCUT2D eigenvalue weighted by Crippen LogP contribution is 2.17. The van der Waals surface area contributed by atoms with E-state index in [9.17, 15) is 0 Å². The Morgan fingerprint density at radius 3 is 2.94 bits per heavy atom. The van der Waals surface area contributed by atoms with Crippen LogP contribution in [-0.2, 0) is 6.54 Å². The molecule has 0 amide bonds. The van der Waals surface area contributed by atoms with Gasteiger partial charge < -0.3 is 8.83 Å². The van der Waals surface area contributed by atoms with Crippen molar-refractivity contribution in [2.45, 2.75) is 32.9 Å². The SMILES string of the molecule is CCC(NCc1ncc(C)o1)c1ccco1. The largest absolute Gasteiger partial charge is 0.468 e. The maximum atomic E-state index is 5.39.